The quantitative estimate of drug-likeness (QED) is 0.667. The molecule has 2 N–H and O–H groups in total. The first kappa shape index (κ1) is 16.3. The highest BCUT2D eigenvalue weighted by Gasteiger charge is 2.27. The van der Waals surface area contributed by atoms with Crippen LogP contribution < -0.4 is 10.5 Å². The van der Waals surface area contributed by atoms with Gasteiger partial charge in [0.05, 0.1) is 18.7 Å². The lowest BCUT2D eigenvalue weighted by Crippen LogP contribution is -2.19. The lowest BCUT2D eigenvalue weighted by Gasteiger charge is -2.10. The highest BCUT2D eigenvalue weighted by molar-refractivity contribution is 5.48. The summed E-state index contributed by atoms with van der Waals surface area (Å²) in [6, 6.07) is 5.38. The molecule has 0 aromatic heterocycles. The zero-order valence-corrected chi connectivity index (χ0v) is 11.1. The van der Waals surface area contributed by atoms with Crippen LogP contribution in [-0.2, 0) is 4.74 Å². The third-order valence-corrected chi connectivity index (χ3v) is 2.21. The van der Waals surface area contributed by atoms with Crippen molar-refractivity contribution in [3.63, 3.8) is 0 Å². The van der Waals surface area contributed by atoms with Gasteiger partial charge in [-0.25, -0.2) is 0 Å². The molecule has 0 fully saturated rings. The zero-order chi connectivity index (χ0) is 15.0. The van der Waals surface area contributed by atoms with Gasteiger partial charge in [0.1, 0.15) is 19.0 Å². The molecule has 20 heavy (non-hydrogen) atoms. The molecule has 0 amide bonds. The van der Waals surface area contributed by atoms with Gasteiger partial charge in [-0.2, -0.15) is 13.2 Å². The highest BCUT2D eigenvalue weighted by Crippen LogP contribution is 2.19. The highest BCUT2D eigenvalue weighted by atomic mass is 19.4. The number of hydrogen-bond donors (Lipinski definition) is 1. The lowest BCUT2D eigenvalue weighted by atomic mass is 10.1. The van der Waals surface area contributed by atoms with Crippen LogP contribution in [0.2, 0.25) is 0 Å². The van der Waals surface area contributed by atoms with Gasteiger partial charge in [-0.1, -0.05) is 17.9 Å². The second kappa shape index (κ2) is 7.78. The minimum atomic E-state index is -4.32. The number of alkyl halides is 3. The van der Waals surface area contributed by atoms with E-state index >= 15 is 0 Å². The minimum absolute atomic E-state index is 0.0243. The average Bonchev–Trinajstić information content (AvgIpc) is 2.36. The van der Waals surface area contributed by atoms with Gasteiger partial charge >= 0.3 is 6.18 Å². The van der Waals surface area contributed by atoms with Gasteiger partial charge in [0.25, 0.3) is 0 Å². The van der Waals surface area contributed by atoms with Crippen LogP contribution in [0.3, 0.4) is 0 Å². The van der Waals surface area contributed by atoms with Crippen LogP contribution in [0.15, 0.2) is 18.2 Å². The molecule has 6 heteroatoms. The normalized spacial score (nSPS) is 10.8. The Bertz CT molecular complexity index is 489. The predicted octanol–water partition coefficient (Wildman–Crippen LogP) is 2.26. The summed E-state index contributed by atoms with van der Waals surface area (Å²) < 4.78 is 45.4. The number of benzene rings is 1. The van der Waals surface area contributed by atoms with E-state index in [4.69, 9.17) is 10.5 Å². The first-order chi connectivity index (χ1) is 9.42. The molecule has 0 saturated carbocycles. The van der Waals surface area contributed by atoms with Crippen molar-refractivity contribution < 1.29 is 22.6 Å². The summed E-state index contributed by atoms with van der Waals surface area (Å²) in [6.07, 6.45) is -4.32. The van der Waals surface area contributed by atoms with Gasteiger partial charge in [0.2, 0.25) is 0 Å². The molecule has 1 rings (SSSR count). The fourth-order valence-corrected chi connectivity index (χ4v) is 1.41. The number of aryl methyl sites for hydroxylation is 1. The van der Waals surface area contributed by atoms with Crippen LogP contribution >= 0.6 is 0 Å². The van der Waals surface area contributed by atoms with E-state index < -0.39 is 12.8 Å². The summed E-state index contributed by atoms with van der Waals surface area (Å²) in [5.74, 6) is 6.08. The van der Waals surface area contributed by atoms with Crippen molar-refractivity contribution in [3.05, 3.63) is 29.3 Å². The van der Waals surface area contributed by atoms with E-state index in [0.717, 1.165) is 5.56 Å². The third-order valence-electron chi connectivity index (χ3n) is 2.21. The van der Waals surface area contributed by atoms with Crippen LogP contribution in [0.5, 0.6) is 5.75 Å². The number of halogens is 3. The van der Waals surface area contributed by atoms with Gasteiger partial charge in [-0.05, 0) is 24.6 Å². The Morgan fingerprint density at radius 3 is 2.65 bits per heavy atom. The molecule has 1 aromatic rings. The molecule has 0 bridgehead atoms. The van der Waals surface area contributed by atoms with Gasteiger partial charge in [0, 0.05) is 0 Å². The Balaban J connectivity index is 2.51. The summed E-state index contributed by atoms with van der Waals surface area (Å²) in [5.41, 5.74) is 6.97. The topological polar surface area (TPSA) is 44.5 Å². The van der Waals surface area contributed by atoms with Gasteiger partial charge in [-0.15, -0.1) is 0 Å². The van der Waals surface area contributed by atoms with Crippen molar-refractivity contribution in [2.75, 3.05) is 26.4 Å². The standard InChI is InChI=1S/C14H16F3NO2/c1-11-4-5-13(12(9-11)3-2-6-18)20-8-7-19-10-14(15,16)17/h4-5,9H,6-8,10,18H2,1H3. The molecule has 0 aliphatic carbocycles. The fourth-order valence-electron chi connectivity index (χ4n) is 1.41. The fraction of sp³-hybridized carbons (Fsp3) is 0.429. The summed E-state index contributed by atoms with van der Waals surface area (Å²) >= 11 is 0. The Hall–Kier alpha value is -1.71. The van der Waals surface area contributed by atoms with Gasteiger partial charge in [-0.3, -0.25) is 0 Å². The molecular formula is C14H16F3NO2. The second-order valence-electron chi connectivity index (χ2n) is 4.02. The molecule has 0 radical (unpaired) electrons. The van der Waals surface area contributed by atoms with Crippen molar-refractivity contribution >= 4 is 0 Å². The number of hydrogen-bond acceptors (Lipinski definition) is 3. The van der Waals surface area contributed by atoms with Gasteiger partial charge in [0.15, 0.2) is 0 Å². The monoisotopic (exact) mass is 287 g/mol. The molecular weight excluding hydrogens is 271 g/mol. The zero-order valence-electron chi connectivity index (χ0n) is 11.1. The Kier molecular flexibility index (Phi) is 6.36. The van der Waals surface area contributed by atoms with E-state index in [1.165, 1.54) is 0 Å². The maximum Gasteiger partial charge on any atom is 0.411 e. The van der Waals surface area contributed by atoms with E-state index in [0.29, 0.717) is 11.3 Å². The van der Waals surface area contributed by atoms with E-state index in [2.05, 4.69) is 16.6 Å². The Morgan fingerprint density at radius 2 is 2.00 bits per heavy atom. The van der Waals surface area contributed by atoms with Crippen molar-refractivity contribution in [2.24, 2.45) is 5.73 Å². The van der Waals surface area contributed by atoms with Crippen LogP contribution in [0, 0.1) is 18.8 Å². The number of ether oxygens (including phenoxy) is 2. The second-order valence-corrected chi connectivity index (χ2v) is 4.02. The molecule has 0 unspecified atom stereocenters. The molecule has 110 valence electrons. The lowest BCUT2D eigenvalue weighted by molar-refractivity contribution is -0.175. The van der Waals surface area contributed by atoms with Crippen molar-refractivity contribution in [1.29, 1.82) is 0 Å². The Morgan fingerprint density at radius 1 is 1.25 bits per heavy atom. The number of nitrogens with two attached hydrogens (primary N) is 1. The molecule has 0 spiro atoms. The van der Waals surface area contributed by atoms with Crippen LogP contribution in [0.1, 0.15) is 11.1 Å². The largest absolute Gasteiger partial charge is 0.490 e. The summed E-state index contributed by atoms with van der Waals surface area (Å²) in [6.45, 7) is 0.740. The first-order valence-electron chi connectivity index (χ1n) is 5.99. The average molecular weight is 287 g/mol. The molecule has 0 heterocycles. The molecule has 3 nitrogen and oxygen atoms in total. The van der Waals surface area contributed by atoms with Crippen LogP contribution in [0.25, 0.3) is 0 Å². The smallest absolute Gasteiger partial charge is 0.411 e. The SMILES string of the molecule is Cc1ccc(OCCOCC(F)(F)F)c(C#CCN)c1. The number of rotatable bonds is 5. The third kappa shape index (κ3) is 6.45. The maximum absolute atomic E-state index is 11.9. The maximum atomic E-state index is 11.9. The molecule has 0 atom stereocenters. The van der Waals surface area contributed by atoms with Gasteiger partial charge < -0.3 is 15.2 Å². The van der Waals surface area contributed by atoms with Crippen LogP contribution in [0.4, 0.5) is 13.2 Å². The molecule has 0 saturated heterocycles. The van der Waals surface area contributed by atoms with E-state index in [9.17, 15) is 13.2 Å². The van der Waals surface area contributed by atoms with Crippen molar-refractivity contribution in [3.8, 4) is 17.6 Å². The van der Waals surface area contributed by atoms with Crippen molar-refractivity contribution in [1.82, 2.24) is 0 Å². The molecule has 0 aliphatic rings. The molecule has 1 aromatic carbocycles. The summed E-state index contributed by atoms with van der Waals surface area (Å²) in [4.78, 5) is 0. The first-order valence-corrected chi connectivity index (χ1v) is 5.99. The minimum Gasteiger partial charge on any atom is -0.490 e. The van der Waals surface area contributed by atoms with E-state index in [-0.39, 0.29) is 19.8 Å². The van der Waals surface area contributed by atoms with Crippen molar-refractivity contribution in [2.45, 2.75) is 13.1 Å². The molecule has 0 aliphatic heterocycles. The summed E-state index contributed by atoms with van der Waals surface area (Å²) in [5, 5.41) is 0. The summed E-state index contributed by atoms with van der Waals surface area (Å²) in [7, 11) is 0. The van der Waals surface area contributed by atoms with E-state index in [1.807, 2.05) is 19.1 Å². The Labute approximate surface area is 115 Å². The van der Waals surface area contributed by atoms with E-state index in [1.54, 1.807) is 6.07 Å². The predicted molar refractivity (Wildman–Crippen MR) is 69.5 cm³/mol. The van der Waals surface area contributed by atoms with Crippen LogP contribution in [-0.4, -0.2) is 32.5 Å².